The number of rotatable bonds is 5. The summed E-state index contributed by atoms with van der Waals surface area (Å²) in [4.78, 5) is 15.5. The second-order valence-corrected chi connectivity index (χ2v) is 7.35. The van der Waals surface area contributed by atoms with Crippen LogP contribution in [-0.2, 0) is 10.3 Å². The highest BCUT2D eigenvalue weighted by Crippen LogP contribution is 2.27. The van der Waals surface area contributed by atoms with Gasteiger partial charge in [0.05, 0.1) is 0 Å². The van der Waals surface area contributed by atoms with Crippen molar-refractivity contribution in [3.63, 3.8) is 0 Å². The van der Waals surface area contributed by atoms with Crippen LogP contribution in [0.25, 0.3) is 0 Å². The molecule has 0 saturated carbocycles. The van der Waals surface area contributed by atoms with E-state index >= 15 is 0 Å². The van der Waals surface area contributed by atoms with Crippen molar-refractivity contribution in [3.8, 4) is 0 Å². The van der Waals surface area contributed by atoms with Gasteiger partial charge >= 0.3 is 0 Å². The molecule has 3 heterocycles. The van der Waals surface area contributed by atoms with Crippen molar-refractivity contribution in [2.24, 2.45) is 0 Å². The highest BCUT2D eigenvalue weighted by atomic mass is 16.2. The van der Waals surface area contributed by atoms with E-state index in [0.29, 0.717) is 18.6 Å². The Morgan fingerprint density at radius 1 is 1.29 bits per heavy atom. The van der Waals surface area contributed by atoms with Gasteiger partial charge in [-0.1, -0.05) is 6.42 Å². The molecule has 2 aliphatic rings. The van der Waals surface area contributed by atoms with E-state index in [0.717, 1.165) is 32.5 Å². The fourth-order valence-corrected chi connectivity index (χ4v) is 4.30. The summed E-state index contributed by atoms with van der Waals surface area (Å²) < 4.78 is 1.86. The maximum atomic E-state index is 13.0. The Kier molecular flexibility index (Phi) is 5.56. The Bertz CT molecular complexity index is 514. The first-order valence-electron chi connectivity index (χ1n) is 9.38. The minimum absolute atomic E-state index is 0.116. The molecule has 1 aromatic rings. The normalized spacial score (nSPS) is 27.8. The van der Waals surface area contributed by atoms with Crippen molar-refractivity contribution in [3.05, 3.63) is 18.5 Å². The van der Waals surface area contributed by atoms with Gasteiger partial charge < -0.3 is 10.6 Å². The molecule has 0 aromatic carbocycles. The van der Waals surface area contributed by atoms with Crippen molar-refractivity contribution in [2.45, 2.75) is 63.6 Å². The van der Waals surface area contributed by atoms with E-state index in [2.05, 4.69) is 34.5 Å². The van der Waals surface area contributed by atoms with Crippen molar-refractivity contribution >= 4 is 5.91 Å². The largest absolute Gasteiger partial charge is 0.353 e. The van der Waals surface area contributed by atoms with Crippen molar-refractivity contribution < 1.29 is 4.79 Å². The molecule has 0 aliphatic carbocycles. The summed E-state index contributed by atoms with van der Waals surface area (Å²) in [6.45, 7) is 7.96. The molecule has 2 unspecified atom stereocenters. The molecular weight excluding hydrogens is 302 g/mol. The number of nitrogens with one attached hydrogen (secondary N) is 2. The van der Waals surface area contributed by atoms with Crippen molar-refractivity contribution in [1.82, 2.24) is 25.3 Å². The van der Waals surface area contributed by atoms with Gasteiger partial charge in [0, 0.05) is 37.6 Å². The second-order valence-electron chi connectivity index (χ2n) is 7.35. The number of hydrogen-bond acceptors (Lipinski definition) is 4. The third kappa shape index (κ3) is 3.49. The summed E-state index contributed by atoms with van der Waals surface area (Å²) in [5.74, 6) is 0.116. The number of hydrogen-bond donors (Lipinski definition) is 2. The van der Waals surface area contributed by atoms with Gasteiger partial charge in [-0.2, -0.15) is 5.10 Å². The zero-order valence-corrected chi connectivity index (χ0v) is 15.0. The lowest BCUT2D eigenvalue weighted by molar-refractivity contribution is -0.132. The predicted octanol–water partition coefficient (Wildman–Crippen LogP) is 1.34. The molecular formula is C18H31N5O. The summed E-state index contributed by atoms with van der Waals surface area (Å²) in [6.07, 6.45) is 9.10. The van der Waals surface area contributed by atoms with Crippen LogP contribution in [0.4, 0.5) is 0 Å². The number of amides is 1. The average Bonchev–Trinajstić information content (AvgIpc) is 3.13. The minimum atomic E-state index is -0.534. The Morgan fingerprint density at radius 3 is 2.62 bits per heavy atom. The smallest absolute Gasteiger partial charge is 0.248 e. The van der Waals surface area contributed by atoms with Crippen LogP contribution >= 0.6 is 0 Å². The van der Waals surface area contributed by atoms with Gasteiger partial charge in [-0.3, -0.25) is 14.4 Å². The monoisotopic (exact) mass is 333 g/mol. The fourth-order valence-electron chi connectivity index (χ4n) is 4.30. The first-order chi connectivity index (χ1) is 11.6. The van der Waals surface area contributed by atoms with E-state index in [9.17, 15) is 4.79 Å². The maximum Gasteiger partial charge on any atom is 0.248 e. The molecule has 2 fully saturated rings. The van der Waals surface area contributed by atoms with Crippen LogP contribution in [-0.4, -0.2) is 58.9 Å². The van der Waals surface area contributed by atoms with E-state index in [1.54, 1.807) is 6.20 Å². The van der Waals surface area contributed by atoms with Crippen LogP contribution in [0.1, 0.15) is 46.0 Å². The molecule has 2 saturated heterocycles. The van der Waals surface area contributed by atoms with Gasteiger partial charge in [0.15, 0.2) is 0 Å². The highest BCUT2D eigenvalue weighted by molar-refractivity contribution is 5.84. The SMILES string of the molecule is CC1CCCC(C)N1CCNC(=O)C1(n2cccn2)CCNCC1. The highest BCUT2D eigenvalue weighted by Gasteiger charge is 2.41. The maximum absolute atomic E-state index is 13.0. The summed E-state index contributed by atoms with van der Waals surface area (Å²) in [5, 5.41) is 10.9. The number of piperidine rings is 2. The zero-order chi connectivity index (χ0) is 17.0. The summed E-state index contributed by atoms with van der Waals surface area (Å²) in [6, 6.07) is 3.13. The Balaban J connectivity index is 1.60. The fraction of sp³-hybridized carbons (Fsp3) is 0.778. The second kappa shape index (κ2) is 7.66. The molecule has 6 heteroatoms. The Hall–Kier alpha value is -1.40. The van der Waals surface area contributed by atoms with E-state index in [4.69, 9.17) is 0 Å². The van der Waals surface area contributed by atoms with Crippen LogP contribution in [0, 0.1) is 0 Å². The van der Waals surface area contributed by atoms with E-state index in [1.807, 2.05) is 16.9 Å². The molecule has 1 amide bonds. The molecule has 2 atom stereocenters. The molecule has 0 radical (unpaired) electrons. The van der Waals surface area contributed by atoms with E-state index < -0.39 is 5.54 Å². The number of nitrogens with zero attached hydrogens (tertiary/aromatic N) is 3. The first-order valence-corrected chi connectivity index (χ1v) is 9.38. The van der Waals surface area contributed by atoms with Crippen LogP contribution in [0.15, 0.2) is 18.5 Å². The Morgan fingerprint density at radius 2 is 2.00 bits per heavy atom. The van der Waals surface area contributed by atoms with Crippen molar-refractivity contribution in [2.75, 3.05) is 26.2 Å². The number of aromatic nitrogens is 2. The standard InChI is InChI=1S/C18H31N5O/c1-15-5-3-6-16(2)22(15)14-12-20-17(24)18(7-10-19-11-8-18)23-13-4-9-21-23/h4,9,13,15-16,19H,3,5-8,10-12,14H2,1-2H3,(H,20,24). The summed E-state index contributed by atoms with van der Waals surface area (Å²) >= 11 is 0. The van der Waals surface area contributed by atoms with Crippen LogP contribution in [0.3, 0.4) is 0 Å². The van der Waals surface area contributed by atoms with Gasteiger partial charge in [-0.05, 0) is 58.7 Å². The van der Waals surface area contributed by atoms with Gasteiger partial charge in [0.25, 0.3) is 0 Å². The summed E-state index contributed by atoms with van der Waals surface area (Å²) in [7, 11) is 0. The lowest BCUT2D eigenvalue weighted by Gasteiger charge is -2.40. The van der Waals surface area contributed by atoms with Gasteiger partial charge in [0.1, 0.15) is 5.54 Å². The molecule has 24 heavy (non-hydrogen) atoms. The number of carbonyl (C=O) groups excluding carboxylic acids is 1. The quantitative estimate of drug-likeness (QED) is 0.854. The molecule has 6 nitrogen and oxygen atoms in total. The van der Waals surface area contributed by atoms with Gasteiger partial charge in [-0.15, -0.1) is 0 Å². The van der Waals surface area contributed by atoms with Crippen LogP contribution in [0.5, 0.6) is 0 Å². The molecule has 0 spiro atoms. The molecule has 3 rings (SSSR count). The first kappa shape index (κ1) is 17.4. The summed E-state index contributed by atoms with van der Waals surface area (Å²) in [5.41, 5.74) is -0.534. The number of likely N-dealkylation sites (tertiary alicyclic amines) is 1. The third-order valence-corrected chi connectivity index (χ3v) is 5.83. The number of carbonyl (C=O) groups is 1. The minimum Gasteiger partial charge on any atom is -0.353 e. The predicted molar refractivity (Wildman–Crippen MR) is 94.8 cm³/mol. The molecule has 2 N–H and O–H groups in total. The van der Waals surface area contributed by atoms with Crippen LogP contribution < -0.4 is 10.6 Å². The molecule has 134 valence electrons. The zero-order valence-electron chi connectivity index (χ0n) is 15.0. The molecule has 2 aliphatic heterocycles. The Labute approximate surface area is 145 Å². The third-order valence-electron chi connectivity index (χ3n) is 5.83. The van der Waals surface area contributed by atoms with Crippen LogP contribution in [0.2, 0.25) is 0 Å². The van der Waals surface area contributed by atoms with E-state index in [-0.39, 0.29) is 5.91 Å². The van der Waals surface area contributed by atoms with Gasteiger partial charge in [0.2, 0.25) is 5.91 Å². The average molecular weight is 333 g/mol. The molecule has 1 aromatic heterocycles. The molecule has 0 bridgehead atoms. The van der Waals surface area contributed by atoms with Crippen molar-refractivity contribution in [1.29, 1.82) is 0 Å². The van der Waals surface area contributed by atoms with Gasteiger partial charge in [-0.25, -0.2) is 0 Å². The lowest BCUT2D eigenvalue weighted by Crippen LogP contribution is -2.56. The topological polar surface area (TPSA) is 62.2 Å². The van der Waals surface area contributed by atoms with E-state index in [1.165, 1.54) is 19.3 Å². The lowest BCUT2D eigenvalue weighted by atomic mass is 9.87.